The molecule has 0 amide bonds. The number of fused-ring (bicyclic) bond motifs is 16. The molecule has 0 atom stereocenters. The molecule has 0 heteroatoms. The van der Waals surface area contributed by atoms with Gasteiger partial charge in [0.15, 0.2) is 0 Å². The highest BCUT2D eigenvalue weighted by Gasteiger charge is 2.52. The molecule has 0 N–H and O–H groups in total. The van der Waals surface area contributed by atoms with E-state index in [-0.39, 0.29) is 5.41 Å². The van der Waals surface area contributed by atoms with E-state index in [1.54, 1.807) is 22.3 Å². The largest absolute Gasteiger partial charge is 0.0725 e. The highest BCUT2D eigenvalue weighted by atomic mass is 14.5. The number of benzene rings is 15. The van der Waals surface area contributed by atoms with Gasteiger partial charge in [-0.1, -0.05) is 479 Å². The number of aryl methyl sites for hydroxylation is 17. The molecule has 0 aromatic heterocycles. The summed E-state index contributed by atoms with van der Waals surface area (Å²) in [5, 5.41) is 17.2. The highest BCUT2D eigenvalue weighted by Crippen LogP contribution is 2.63. The predicted octanol–water partition coefficient (Wildman–Crippen LogP) is 40.1. The zero-order chi connectivity index (χ0) is 98.3. The maximum absolute atomic E-state index is 2.51. The van der Waals surface area contributed by atoms with Crippen molar-refractivity contribution >= 4 is 64.6 Å². The Kier molecular flexibility index (Phi) is 52.1. The Labute approximate surface area is 809 Å². The van der Waals surface area contributed by atoms with E-state index >= 15 is 0 Å². The molecule has 132 heavy (non-hydrogen) atoms. The molecule has 0 fully saturated rings. The summed E-state index contributed by atoms with van der Waals surface area (Å²) in [6.07, 6.45) is 19.7. The molecule has 0 nitrogen and oxygen atoms in total. The van der Waals surface area contributed by atoms with Crippen molar-refractivity contribution in [2.45, 2.75) is 363 Å². The van der Waals surface area contributed by atoms with Crippen LogP contribution in [-0.4, -0.2) is 0 Å². The van der Waals surface area contributed by atoms with Crippen LogP contribution in [0.2, 0.25) is 0 Å². The van der Waals surface area contributed by atoms with Crippen molar-refractivity contribution in [2.75, 3.05) is 0 Å². The van der Waals surface area contributed by atoms with Crippen LogP contribution in [0.25, 0.3) is 86.9 Å². The van der Waals surface area contributed by atoms with E-state index in [4.69, 9.17) is 0 Å². The number of rotatable bonds is 19. The van der Waals surface area contributed by atoms with Crippen LogP contribution in [-0.2, 0) is 121 Å². The molecule has 708 valence electrons. The third kappa shape index (κ3) is 25.1. The first kappa shape index (κ1) is 114. The molecule has 2 aliphatic carbocycles. The normalized spacial score (nSPS) is 10.8. The topological polar surface area (TPSA) is 0 Å². The standard InChI is InChI=1S/C37H36.C33H32.C18H18.C14H22.C12H18.9C2H6/c1-5-26-30-17-9-11-19-32(30)28(7-3)36-24(15-13-21-34(26)36)23-25-16-14-22-35-27(6-2)31-18-10-12-20-33(31)29(8-4)37(25)35;1-5-21-9-13-25-26-14-10-22(6-2)18-30(26)33(29(25)17-21)31-19-23(7-3)11-15-27(31)28-16-12-24(8-4)20-32(28)33;1-3-13-15-9-5-7-11-17(15)14(4-2)18-12-8-6-10-16(13)18;1-5-11-9-13(7-3)14(8-4)10-12(11)6-2;1-4-10-7-11(5-2)9-12(6-3)8-10;9*1-2/h9-22H,5-8,23H2,1-4H3;9-20H,5-8H2,1-4H3;5-12H,3-4H2,1-2H3;9-10H,5-8H2,1-4H3;7-9H,4-6H2,1-3H3;9*1-2H3. The van der Waals surface area contributed by atoms with E-state index in [9.17, 15) is 0 Å². The summed E-state index contributed by atoms with van der Waals surface area (Å²) < 4.78 is 0. The molecule has 15 aromatic rings. The lowest BCUT2D eigenvalue weighted by Crippen LogP contribution is -2.26. The number of hydrogen-bond acceptors (Lipinski definition) is 0. The fourth-order valence-electron chi connectivity index (χ4n) is 19.9. The van der Waals surface area contributed by atoms with Gasteiger partial charge in [-0.05, 0) is 330 Å². The minimum atomic E-state index is -0.220. The van der Waals surface area contributed by atoms with Gasteiger partial charge in [0, 0.05) is 0 Å². The monoisotopic (exact) mass is 1770 g/mol. The molecule has 17 rings (SSSR count). The van der Waals surface area contributed by atoms with Gasteiger partial charge in [-0.25, -0.2) is 0 Å². The van der Waals surface area contributed by atoms with Crippen LogP contribution in [0.1, 0.15) is 370 Å². The van der Waals surface area contributed by atoms with Crippen molar-refractivity contribution in [3.8, 4) is 22.3 Å². The van der Waals surface area contributed by atoms with E-state index in [0.29, 0.717) is 0 Å². The lowest BCUT2D eigenvalue weighted by atomic mass is 9.69. The summed E-state index contributed by atoms with van der Waals surface area (Å²) in [5.41, 5.74) is 39.5. The van der Waals surface area contributed by atoms with Gasteiger partial charge < -0.3 is 0 Å². The Morgan fingerprint density at radius 2 is 0.341 bits per heavy atom. The van der Waals surface area contributed by atoms with Gasteiger partial charge in [0.2, 0.25) is 0 Å². The summed E-state index contributed by atoms with van der Waals surface area (Å²) in [6, 6.07) is 90.4. The first-order valence-electron chi connectivity index (χ1n) is 53.4. The van der Waals surface area contributed by atoms with Crippen LogP contribution in [0.15, 0.2) is 237 Å². The van der Waals surface area contributed by atoms with Crippen LogP contribution in [0.3, 0.4) is 0 Å². The molecule has 0 saturated carbocycles. The summed E-state index contributed by atoms with van der Waals surface area (Å²) in [6.45, 7) is 74.5. The van der Waals surface area contributed by atoms with Gasteiger partial charge in [-0.3, -0.25) is 0 Å². The van der Waals surface area contributed by atoms with Crippen molar-refractivity contribution in [3.05, 3.63) is 365 Å². The average Bonchev–Trinajstić information content (AvgIpc) is 1.50. The molecule has 2 aliphatic rings. The van der Waals surface area contributed by atoms with Gasteiger partial charge in [0.1, 0.15) is 0 Å². The van der Waals surface area contributed by atoms with Crippen LogP contribution < -0.4 is 0 Å². The summed E-state index contributed by atoms with van der Waals surface area (Å²) in [7, 11) is 0. The minimum Gasteiger partial charge on any atom is -0.0683 e. The average molecular weight is 1770 g/mol. The minimum absolute atomic E-state index is 0.220. The van der Waals surface area contributed by atoms with Gasteiger partial charge in [0.05, 0.1) is 5.41 Å². The smallest absolute Gasteiger partial charge is 0.0683 e. The van der Waals surface area contributed by atoms with Crippen molar-refractivity contribution in [1.82, 2.24) is 0 Å². The van der Waals surface area contributed by atoms with Gasteiger partial charge in [-0.15, -0.1) is 0 Å². The second-order valence-corrected chi connectivity index (χ2v) is 31.7. The first-order chi connectivity index (χ1) is 64.8. The third-order valence-electron chi connectivity index (χ3n) is 25.9. The lowest BCUT2D eigenvalue weighted by molar-refractivity contribution is 0.785. The van der Waals surface area contributed by atoms with Gasteiger partial charge >= 0.3 is 0 Å². The molecule has 15 aromatic carbocycles. The van der Waals surface area contributed by atoms with E-state index < -0.39 is 0 Å². The van der Waals surface area contributed by atoms with Gasteiger partial charge in [0.25, 0.3) is 0 Å². The van der Waals surface area contributed by atoms with E-state index in [1.807, 2.05) is 125 Å². The summed E-state index contributed by atoms with van der Waals surface area (Å²) in [5.74, 6) is 0. The fourth-order valence-corrected chi connectivity index (χ4v) is 19.9. The molecule has 0 bridgehead atoms. The molecule has 1 spiro atoms. The number of hydrogen-bond donors (Lipinski definition) is 0. The molecule has 0 unspecified atom stereocenters. The molecule has 0 radical (unpaired) electrons. The van der Waals surface area contributed by atoms with Crippen LogP contribution in [0, 0.1) is 0 Å². The Hall–Kier alpha value is -10.1. The lowest BCUT2D eigenvalue weighted by Gasteiger charge is -2.31. The van der Waals surface area contributed by atoms with Crippen molar-refractivity contribution in [2.24, 2.45) is 0 Å². The highest BCUT2D eigenvalue weighted by molar-refractivity contribution is 6.10. The Balaban J connectivity index is 0.000000348. The fraction of sp³-hybridized carbons (Fsp3) is 0.409. The quantitative estimate of drug-likeness (QED) is 0.0708. The summed E-state index contributed by atoms with van der Waals surface area (Å²) in [4.78, 5) is 0. The zero-order valence-electron chi connectivity index (χ0n) is 90.2. The zero-order valence-corrected chi connectivity index (χ0v) is 90.2. The van der Waals surface area contributed by atoms with Crippen LogP contribution >= 0.6 is 0 Å². The van der Waals surface area contributed by atoms with E-state index in [1.165, 1.54) is 218 Å². The van der Waals surface area contributed by atoms with Crippen molar-refractivity contribution in [3.63, 3.8) is 0 Å². The maximum Gasteiger partial charge on any atom is 0.0725 e. The van der Waals surface area contributed by atoms with Crippen LogP contribution in [0.4, 0.5) is 0 Å². The molecule has 0 aliphatic heterocycles. The van der Waals surface area contributed by atoms with E-state index in [0.717, 1.165) is 89.9 Å². The Morgan fingerprint density at radius 3 is 0.530 bits per heavy atom. The molecule has 0 heterocycles. The first-order valence-corrected chi connectivity index (χ1v) is 53.4. The maximum atomic E-state index is 2.51. The SMILES string of the molecule is CC.CC.CC.CC.CC.CC.CC.CC.CC.CCc1c2ccccc2c(CC)c2c(Cc3cccc4c(CC)c5ccccc5c(CC)c34)cccc12.CCc1c2ccccc2c(CC)c2ccccc12.CCc1cc(CC)c(CC)cc1CC.CCc1cc(CC)cc(CC)c1.CCc1ccc2c(c1)C1(c3cc(CC)ccc3-2)c2cc(CC)ccc2-c2ccc(CC)cc21. The van der Waals surface area contributed by atoms with Crippen LogP contribution in [0.5, 0.6) is 0 Å². The molecular weight excluding hydrogens is 1590 g/mol. The Bertz CT molecular complexity index is 5380. The summed E-state index contributed by atoms with van der Waals surface area (Å²) >= 11 is 0. The van der Waals surface area contributed by atoms with Crippen molar-refractivity contribution in [1.29, 1.82) is 0 Å². The van der Waals surface area contributed by atoms with Gasteiger partial charge in [-0.2, -0.15) is 0 Å². The molecule has 0 saturated heterocycles. The second kappa shape index (κ2) is 60.2. The van der Waals surface area contributed by atoms with Crippen molar-refractivity contribution < 1.29 is 0 Å². The van der Waals surface area contributed by atoms with E-state index in [2.05, 4.69) is 354 Å². The molecular formula is C132H180. The predicted molar refractivity (Wildman–Crippen MR) is 604 cm³/mol. The second-order valence-electron chi connectivity index (χ2n) is 31.7. The third-order valence-corrected chi connectivity index (χ3v) is 25.9. The Morgan fingerprint density at radius 1 is 0.152 bits per heavy atom.